The van der Waals surface area contributed by atoms with Crippen molar-refractivity contribution in [3.63, 3.8) is 0 Å². The lowest BCUT2D eigenvalue weighted by atomic mass is 10.0. The fourth-order valence-corrected chi connectivity index (χ4v) is 3.24. The lowest BCUT2D eigenvalue weighted by molar-refractivity contribution is -0.108. The quantitative estimate of drug-likeness (QED) is 0.833. The third kappa shape index (κ3) is 2.54. The van der Waals surface area contributed by atoms with E-state index in [0.717, 1.165) is 18.3 Å². The molecule has 0 aromatic heterocycles. The molecule has 18 heavy (non-hydrogen) atoms. The molecule has 6 heteroatoms. The largest absolute Gasteiger partial charge is 0.303 e. The molecule has 0 radical (unpaired) electrons. The second-order valence-electron chi connectivity index (χ2n) is 4.34. The number of benzene rings is 1. The van der Waals surface area contributed by atoms with E-state index in [1.165, 1.54) is 4.31 Å². The minimum atomic E-state index is -3.40. The van der Waals surface area contributed by atoms with Crippen LogP contribution in [-0.4, -0.2) is 27.8 Å². The third-order valence-corrected chi connectivity index (χ3v) is 4.57. The summed E-state index contributed by atoms with van der Waals surface area (Å²) in [6, 6.07) is 7.05. The van der Waals surface area contributed by atoms with E-state index in [-0.39, 0.29) is 5.92 Å². The average molecular weight is 268 g/mol. The van der Waals surface area contributed by atoms with E-state index >= 15 is 0 Å². The monoisotopic (exact) mass is 268 g/mol. The fraction of sp³-hybridized carbons (Fsp3) is 0.417. The van der Waals surface area contributed by atoms with Gasteiger partial charge in [-0.05, 0) is 24.1 Å². The van der Waals surface area contributed by atoms with Crippen molar-refractivity contribution in [3.8, 4) is 0 Å². The van der Waals surface area contributed by atoms with Gasteiger partial charge in [-0.25, -0.2) is 0 Å². The van der Waals surface area contributed by atoms with Gasteiger partial charge in [0.05, 0.1) is 5.69 Å². The predicted octanol–water partition coefficient (Wildman–Crippen LogP) is 1.03. The summed E-state index contributed by atoms with van der Waals surface area (Å²) in [5, 5.41) is 0. The Balaban J connectivity index is 2.26. The van der Waals surface area contributed by atoms with Crippen LogP contribution in [0.15, 0.2) is 24.3 Å². The van der Waals surface area contributed by atoms with Gasteiger partial charge in [0.1, 0.15) is 6.29 Å². The van der Waals surface area contributed by atoms with Gasteiger partial charge in [-0.2, -0.15) is 13.1 Å². The molecular weight excluding hydrogens is 252 g/mol. The van der Waals surface area contributed by atoms with Gasteiger partial charge in [0.25, 0.3) is 0 Å². The van der Waals surface area contributed by atoms with Gasteiger partial charge in [0.2, 0.25) is 0 Å². The molecule has 98 valence electrons. The highest BCUT2D eigenvalue weighted by atomic mass is 32.2. The van der Waals surface area contributed by atoms with Gasteiger partial charge in [0, 0.05) is 19.0 Å². The van der Waals surface area contributed by atoms with Crippen molar-refractivity contribution in [1.29, 1.82) is 0 Å². The van der Waals surface area contributed by atoms with Gasteiger partial charge >= 0.3 is 10.2 Å². The molecule has 0 bridgehead atoms. The van der Waals surface area contributed by atoms with E-state index in [9.17, 15) is 13.2 Å². The minimum Gasteiger partial charge on any atom is -0.303 e. The van der Waals surface area contributed by atoms with Crippen LogP contribution in [0.2, 0.25) is 0 Å². The minimum absolute atomic E-state index is 0.171. The number of nitrogens with zero attached hydrogens (tertiary/aromatic N) is 1. The molecule has 1 aromatic carbocycles. The van der Waals surface area contributed by atoms with Crippen molar-refractivity contribution in [2.75, 3.05) is 17.4 Å². The number of aldehydes is 1. The Hall–Kier alpha value is -1.40. The molecule has 0 saturated carbocycles. The summed E-state index contributed by atoms with van der Waals surface area (Å²) < 4.78 is 27.5. The average Bonchev–Trinajstić information content (AvgIpc) is 2.37. The Morgan fingerprint density at radius 1 is 1.33 bits per heavy atom. The fourth-order valence-electron chi connectivity index (χ4n) is 1.91. The molecule has 1 aliphatic heterocycles. The highest BCUT2D eigenvalue weighted by Gasteiger charge is 2.25. The highest BCUT2D eigenvalue weighted by molar-refractivity contribution is 7.90. The van der Waals surface area contributed by atoms with E-state index in [1.54, 1.807) is 31.2 Å². The highest BCUT2D eigenvalue weighted by Crippen LogP contribution is 2.22. The van der Waals surface area contributed by atoms with E-state index < -0.39 is 10.2 Å². The zero-order valence-corrected chi connectivity index (χ0v) is 11.0. The first-order valence-electron chi connectivity index (χ1n) is 5.87. The molecule has 1 N–H and O–H groups in total. The number of carbonyl (C=O) groups is 1. The molecule has 0 amide bonds. The number of anilines is 1. The Morgan fingerprint density at radius 2 is 2.00 bits per heavy atom. The Kier molecular flexibility index (Phi) is 3.68. The van der Waals surface area contributed by atoms with Crippen LogP contribution in [0, 0.1) is 0 Å². The van der Waals surface area contributed by atoms with Gasteiger partial charge in [-0.3, -0.25) is 4.31 Å². The van der Waals surface area contributed by atoms with Crippen molar-refractivity contribution in [2.24, 2.45) is 0 Å². The smallest absolute Gasteiger partial charge is 0.301 e. The standard InChI is InChI=1S/C12H16N2O3S/c1-10(9-15)11-3-5-12(6-4-11)14-8-2-7-13-18(14,16)17/h3-6,9-10,13H,2,7-8H2,1H3. The normalized spacial score (nSPS) is 20.4. The van der Waals surface area contributed by atoms with Gasteiger partial charge < -0.3 is 4.79 Å². The number of hydrogen-bond acceptors (Lipinski definition) is 3. The Labute approximate surface area is 107 Å². The third-order valence-electron chi connectivity index (χ3n) is 3.02. The summed E-state index contributed by atoms with van der Waals surface area (Å²) in [6.45, 7) is 2.78. The number of rotatable bonds is 3. The SMILES string of the molecule is CC(C=O)c1ccc(N2CCCNS2(=O)=O)cc1. The first kappa shape index (κ1) is 13.0. The molecule has 1 unspecified atom stereocenters. The number of carbonyl (C=O) groups excluding carboxylic acids is 1. The second-order valence-corrected chi connectivity index (χ2v) is 6.02. The number of nitrogens with one attached hydrogen (secondary N) is 1. The molecule has 1 atom stereocenters. The molecule has 1 fully saturated rings. The molecule has 0 aliphatic carbocycles. The lowest BCUT2D eigenvalue weighted by Gasteiger charge is -2.28. The van der Waals surface area contributed by atoms with Gasteiger partial charge in [-0.15, -0.1) is 0 Å². The van der Waals surface area contributed by atoms with Crippen molar-refractivity contribution < 1.29 is 13.2 Å². The summed E-state index contributed by atoms with van der Waals surface area (Å²) >= 11 is 0. The zero-order valence-electron chi connectivity index (χ0n) is 10.2. The van der Waals surface area contributed by atoms with Crippen LogP contribution < -0.4 is 9.03 Å². The summed E-state index contributed by atoms with van der Waals surface area (Å²) in [5.74, 6) is -0.171. The van der Waals surface area contributed by atoms with Crippen molar-refractivity contribution in [2.45, 2.75) is 19.3 Å². The van der Waals surface area contributed by atoms with Crippen molar-refractivity contribution in [3.05, 3.63) is 29.8 Å². The number of hydrogen-bond donors (Lipinski definition) is 1. The lowest BCUT2D eigenvalue weighted by Crippen LogP contribution is -2.47. The van der Waals surface area contributed by atoms with Crippen LogP contribution >= 0.6 is 0 Å². The van der Waals surface area contributed by atoms with Gasteiger partial charge in [-0.1, -0.05) is 19.1 Å². The predicted molar refractivity (Wildman–Crippen MR) is 69.8 cm³/mol. The molecular formula is C12H16N2O3S. The van der Waals surface area contributed by atoms with Crippen LogP contribution in [-0.2, 0) is 15.0 Å². The molecule has 1 saturated heterocycles. The first-order valence-corrected chi connectivity index (χ1v) is 7.31. The molecule has 0 spiro atoms. The summed E-state index contributed by atoms with van der Waals surface area (Å²) in [6.07, 6.45) is 1.65. The maximum absolute atomic E-state index is 11.8. The second kappa shape index (κ2) is 5.07. The topological polar surface area (TPSA) is 66.5 Å². The zero-order chi connectivity index (χ0) is 13.2. The van der Waals surface area contributed by atoms with E-state index in [1.807, 2.05) is 0 Å². The molecule has 1 aromatic rings. The Bertz CT molecular complexity index is 525. The van der Waals surface area contributed by atoms with E-state index in [0.29, 0.717) is 18.8 Å². The molecule has 1 aliphatic rings. The summed E-state index contributed by atoms with van der Waals surface area (Å²) in [5.41, 5.74) is 1.51. The van der Waals surface area contributed by atoms with Crippen LogP contribution in [0.3, 0.4) is 0 Å². The van der Waals surface area contributed by atoms with Crippen LogP contribution in [0.4, 0.5) is 5.69 Å². The molecule has 1 heterocycles. The van der Waals surface area contributed by atoms with Crippen molar-refractivity contribution in [1.82, 2.24) is 4.72 Å². The van der Waals surface area contributed by atoms with Crippen LogP contribution in [0.25, 0.3) is 0 Å². The summed E-state index contributed by atoms with van der Waals surface area (Å²) in [7, 11) is -3.40. The van der Waals surface area contributed by atoms with Crippen LogP contribution in [0.1, 0.15) is 24.8 Å². The van der Waals surface area contributed by atoms with Crippen molar-refractivity contribution >= 4 is 22.2 Å². The van der Waals surface area contributed by atoms with Gasteiger partial charge in [0.15, 0.2) is 0 Å². The maximum Gasteiger partial charge on any atom is 0.301 e. The van der Waals surface area contributed by atoms with E-state index in [4.69, 9.17) is 0 Å². The molecule has 5 nitrogen and oxygen atoms in total. The van der Waals surface area contributed by atoms with Crippen LogP contribution in [0.5, 0.6) is 0 Å². The summed E-state index contributed by atoms with van der Waals surface area (Å²) in [4.78, 5) is 10.7. The Morgan fingerprint density at radius 3 is 2.56 bits per heavy atom. The van der Waals surface area contributed by atoms with E-state index in [2.05, 4.69) is 4.72 Å². The molecule has 2 rings (SSSR count). The first-order chi connectivity index (χ1) is 8.54. The maximum atomic E-state index is 11.8.